The summed E-state index contributed by atoms with van der Waals surface area (Å²) in [6.45, 7) is 4.43. The van der Waals surface area contributed by atoms with Crippen LogP contribution in [0.4, 0.5) is 0 Å². The van der Waals surface area contributed by atoms with Crippen molar-refractivity contribution in [3.8, 4) is 0 Å². The highest BCUT2D eigenvalue weighted by atomic mass is 16.3. The minimum absolute atomic E-state index is 0.0178. The van der Waals surface area contributed by atoms with E-state index in [9.17, 15) is 5.11 Å². The van der Waals surface area contributed by atoms with Gasteiger partial charge < -0.3 is 5.11 Å². The van der Waals surface area contributed by atoms with E-state index in [1.807, 2.05) is 13.2 Å². The van der Waals surface area contributed by atoms with E-state index >= 15 is 0 Å². The van der Waals surface area contributed by atoms with E-state index in [2.05, 4.69) is 24.2 Å². The second-order valence-electron chi connectivity index (χ2n) is 3.93. The Bertz CT molecular complexity index is 270. The highest BCUT2D eigenvalue weighted by molar-refractivity contribution is 4.98. The largest absolute Gasteiger partial charge is 0.396 e. The molecule has 80 valence electrons. The van der Waals surface area contributed by atoms with Crippen LogP contribution in [0.2, 0.25) is 0 Å². The molecule has 1 heterocycles. The van der Waals surface area contributed by atoms with Crippen molar-refractivity contribution in [3.63, 3.8) is 0 Å². The molecule has 1 aromatic heterocycles. The maximum absolute atomic E-state index is 9.39. The Kier molecular flexibility index (Phi) is 3.63. The Labute approximate surface area is 84.9 Å². The van der Waals surface area contributed by atoms with Crippen LogP contribution in [0.5, 0.6) is 0 Å². The van der Waals surface area contributed by atoms with Crippen molar-refractivity contribution in [1.82, 2.24) is 15.0 Å². The lowest BCUT2D eigenvalue weighted by Gasteiger charge is -2.28. The molecular weight excluding hydrogens is 178 g/mol. The van der Waals surface area contributed by atoms with Crippen LogP contribution in [-0.4, -0.2) is 26.7 Å². The normalized spacial score (nSPS) is 12.0. The lowest BCUT2D eigenvalue weighted by molar-refractivity contribution is 0.114. The minimum atomic E-state index is -0.0178. The molecule has 0 fully saturated rings. The maximum Gasteiger partial charge on any atom is 0.0833 e. The van der Waals surface area contributed by atoms with Gasteiger partial charge in [0.2, 0.25) is 0 Å². The highest BCUT2D eigenvalue weighted by Crippen LogP contribution is 2.29. The van der Waals surface area contributed by atoms with Crippen LogP contribution >= 0.6 is 0 Å². The van der Waals surface area contributed by atoms with Crippen molar-refractivity contribution in [3.05, 3.63) is 11.9 Å². The van der Waals surface area contributed by atoms with Crippen molar-refractivity contribution in [2.45, 2.75) is 33.1 Å². The summed E-state index contributed by atoms with van der Waals surface area (Å²) in [5, 5.41) is 17.3. The number of nitrogens with zero attached hydrogens (tertiary/aromatic N) is 3. The molecule has 0 atom stereocenters. The van der Waals surface area contributed by atoms with Gasteiger partial charge in [0.05, 0.1) is 5.69 Å². The van der Waals surface area contributed by atoms with Crippen LogP contribution in [0.25, 0.3) is 0 Å². The standard InChI is InChI=1S/C10H19N3O/c1-4-10(5-2,8-14)6-9-7-13(3)12-11-9/h7,14H,4-6,8H2,1-3H3. The Morgan fingerprint density at radius 2 is 2.07 bits per heavy atom. The van der Waals surface area contributed by atoms with Crippen molar-refractivity contribution < 1.29 is 5.11 Å². The summed E-state index contributed by atoms with van der Waals surface area (Å²) < 4.78 is 1.70. The van der Waals surface area contributed by atoms with Crippen LogP contribution < -0.4 is 0 Å². The summed E-state index contributed by atoms with van der Waals surface area (Å²) in [6.07, 6.45) is 4.66. The number of hydrogen-bond donors (Lipinski definition) is 1. The Hall–Kier alpha value is -0.900. The van der Waals surface area contributed by atoms with Crippen LogP contribution in [-0.2, 0) is 13.5 Å². The predicted octanol–water partition coefficient (Wildman–Crippen LogP) is 1.16. The van der Waals surface area contributed by atoms with Crippen LogP contribution in [0.3, 0.4) is 0 Å². The molecule has 0 aliphatic rings. The minimum Gasteiger partial charge on any atom is -0.396 e. The molecule has 0 spiro atoms. The van der Waals surface area contributed by atoms with Gasteiger partial charge in [-0.2, -0.15) is 0 Å². The fourth-order valence-corrected chi connectivity index (χ4v) is 1.64. The molecule has 1 aromatic rings. The molecule has 4 nitrogen and oxygen atoms in total. The number of aromatic nitrogens is 3. The Morgan fingerprint density at radius 1 is 1.43 bits per heavy atom. The molecule has 4 heteroatoms. The van der Waals surface area contributed by atoms with Crippen molar-refractivity contribution >= 4 is 0 Å². The van der Waals surface area contributed by atoms with Crippen molar-refractivity contribution in [2.24, 2.45) is 12.5 Å². The average molecular weight is 197 g/mol. The molecule has 0 aromatic carbocycles. The third-order valence-electron chi connectivity index (χ3n) is 3.04. The van der Waals surface area contributed by atoms with Gasteiger partial charge in [-0.1, -0.05) is 19.1 Å². The molecule has 0 aliphatic heterocycles. The van der Waals surface area contributed by atoms with Gasteiger partial charge >= 0.3 is 0 Å². The summed E-state index contributed by atoms with van der Waals surface area (Å²) in [5.74, 6) is 0. The zero-order valence-electron chi connectivity index (χ0n) is 9.19. The monoisotopic (exact) mass is 197 g/mol. The Morgan fingerprint density at radius 3 is 2.43 bits per heavy atom. The molecule has 0 unspecified atom stereocenters. The first-order chi connectivity index (χ1) is 6.65. The molecule has 0 radical (unpaired) electrons. The predicted molar refractivity (Wildman–Crippen MR) is 54.8 cm³/mol. The van der Waals surface area contributed by atoms with Gasteiger partial charge in [-0.15, -0.1) is 5.10 Å². The maximum atomic E-state index is 9.39. The number of hydrogen-bond acceptors (Lipinski definition) is 3. The summed E-state index contributed by atoms with van der Waals surface area (Å²) in [4.78, 5) is 0. The van der Waals surface area contributed by atoms with E-state index in [1.54, 1.807) is 4.68 Å². The summed E-state index contributed by atoms with van der Waals surface area (Å²) in [6, 6.07) is 0. The topological polar surface area (TPSA) is 50.9 Å². The summed E-state index contributed by atoms with van der Waals surface area (Å²) in [5.41, 5.74) is 0.945. The molecule has 1 N–H and O–H groups in total. The zero-order chi connectivity index (χ0) is 10.6. The van der Waals surface area contributed by atoms with E-state index in [0.29, 0.717) is 0 Å². The van der Waals surface area contributed by atoms with Gasteiger partial charge in [-0.05, 0) is 18.3 Å². The number of rotatable bonds is 5. The zero-order valence-corrected chi connectivity index (χ0v) is 9.19. The first-order valence-corrected chi connectivity index (χ1v) is 5.12. The van der Waals surface area contributed by atoms with Gasteiger partial charge in [-0.25, -0.2) is 0 Å². The molecule has 0 aliphatic carbocycles. The SMILES string of the molecule is CCC(CC)(CO)Cc1cn(C)nn1. The van der Waals surface area contributed by atoms with E-state index < -0.39 is 0 Å². The van der Waals surface area contributed by atoms with Gasteiger partial charge in [0.15, 0.2) is 0 Å². The third-order valence-corrected chi connectivity index (χ3v) is 3.04. The average Bonchev–Trinajstić information content (AvgIpc) is 2.61. The van der Waals surface area contributed by atoms with Gasteiger partial charge in [0.1, 0.15) is 0 Å². The molecule has 1 rings (SSSR count). The summed E-state index contributed by atoms with van der Waals surface area (Å²) >= 11 is 0. The molecular formula is C10H19N3O. The van der Waals surface area contributed by atoms with Crippen LogP contribution in [0.1, 0.15) is 32.4 Å². The van der Waals surface area contributed by atoms with E-state index in [-0.39, 0.29) is 12.0 Å². The van der Waals surface area contributed by atoms with E-state index in [0.717, 1.165) is 25.0 Å². The second-order valence-corrected chi connectivity index (χ2v) is 3.93. The summed E-state index contributed by atoms with van der Waals surface area (Å²) in [7, 11) is 1.86. The number of aryl methyl sites for hydroxylation is 1. The first kappa shape index (κ1) is 11.2. The smallest absolute Gasteiger partial charge is 0.0833 e. The van der Waals surface area contributed by atoms with Gasteiger partial charge in [0, 0.05) is 26.3 Å². The van der Waals surface area contributed by atoms with Gasteiger partial charge in [0.25, 0.3) is 0 Å². The number of aliphatic hydroxyl groups excluding tert-OH is 1. The second kappa shape index (κ2) is 4.55. The van der Waals surface area contributed by atoms with Crippen molar-refractivity contribution in [1.29, 1.82) is 0 Å². The lowest BCUT2D eigenvalue weighted by atomic mass is 9.79. The first-order valence-electron chi connectivity index (χ1n) is 5.12. The number of aliphatic hydroxyl groups is 1. The van der Waals surface area contributed by atoms with E-state index in [1.165, 1.54) is 0 Å². The fraction of sp³-hybridized carbons (Fsp3) is 0.800. The van der Waals surface area contributed by atoms with Crippen LogP contribution in [0.15, 0.2) is 6.20 Å². The Balaban J connectivity index is 2.73. The highest BCUT2D eigenvalue weighted by Gasteiger charge is 2.26. The fourth-order valence-electron chi connectivity index (χ4n) is 1.64. The molecule has 0 bridgehead atoms. The molecule has 0 amide bonds. The molecule has 0 saturated heterocycles. The third kappa shape index (κ3) is 2.32. The van der Waals surface area contributed by atoms with Gasteiger partial charge in [-0.3, -0.25) is 4.68 Å². The lowest BCUT2D eigenvalue weighted by Crippen LogP contribution is -2.26. The molecule has 0 saturated carbocycles. The van der Waals surface area contributed by atoms with E-state index in [4.69, 9.17) is 0 Å². The quantitative estimate of drug-likeness (QED) is 0.770. The van der Waals surface area contributed by atoms with Crippen molar-refractivity contribution in [2.75, 3.05) is 6.61 Å². The molecule has 14 heavy (non-hydrogen) atoms. The van der Waals surface area contributed by atoms with Crippen LogP contribution in [0, 0.1) is 5.41 Å².